The van der Waals surface area contributed by atoms with Crippen molar-refractivity contribution in [1.29, 1.82) is 0 Å². The molecule has 0 saturated heterocycles. The number of nitrogens with zero attached hydrogens (tertiary/aromatic N) is 1. The predicted octanol–water partition coefficient (Wildman–Crippen LogP) is 4.83. The summed E-state index contributed by atoms with van der Waals surface area (Å²) in [5, 5.41) is 3.10. The fraction of sp³-hybridized carbons (Fsp3) is 0.417. The largest absolute Gasteiger partial charge is 0.484 e. The van der Waals surface area contributed by atoms with Crippen molar-refractivity contribution in [3.05, 3.63) is 64.4 Å². The summed E-state index contributed by atoms with van der Waals surface area (Å²) in [6.07, 6.45) is 4.65. The minimum Gasteiger partial charge on any atom is -0.484 e. The van der Waals surface area contributed by atoms with Crippen LogP contribution in [0.3, 0.4) is 0 Å². The van der Waals surface area contributed by atoms with Crippen molar-refractivity contribution in [3.8, 4) is 5.75 Å². The molecule has 166 valence electrons. The maximum absolute atomic E-state index is 13.3. The molecule has 1 fully saturated rings. The zero-order valence-corrected chi connectivity index (χ0v) is 19.2. The topological polar surface area (TPSA) is 58.6 Å². The SMILES string of the molecule is CC[C@@H](C(=O)NC1CCCC1)N(Cc1ccc(F)cc1)C(=O)COc1ccc(Br)cc1. The number of hydrogen-bond donors (Lipinski definition) is 1. The van der Waals surface area contributed by atoms with Gasteiger partial charge in [0.1, 0.15) is 17.6 Å². The Morgan fingerprint density at radius 2 is 1.77 bits per heavy atom. The van der Waals surface area contributed by atoms with Crippen molar-refractivity contribution < 1.29 is 18.7 Å². The molecule has 0 bridgehead atoms. The Balaban J connectivity index is 1.74. The van der Waals surface area contributed by atoms with Gasteiger partial charge in [0, 0.05) is 17.1 Å². The molecule has 3 rings (SSSR count). The lowest BCUT2D eigenvalue weighted by Gasteiger charge is -2.31. The van der Waals surface area contributed by atoms with Gasteiger partial charge in [0.25, 0.3) is 5.91 Å². The summed E-state index contributed by atoms with van der Waals surface area (Å²) < 4.78 is 19.9. The molecule has 1 saturated carbocycles. The molecule has 0 unspecified atom stereocenters. The van der Waals surface area contributed by atoms with E-state index in [1.165, 1.54) is 17.0 Å². The van der Waals surface area contributed by atoms with Gasteiger partial charge in [-0.1, -0.05) is 47.8 Å². The minimum absolute atomic E-state index is 0.145. The molecular weight excluding hydrogens is 463 g/mol. The average molecular weight is 491 g/mol. The van der Waals surface area contributed by atoms with E-state index in [1.54, 1.807) is 24.3 Å². The molecule has 1 N–H and O–H groups in total. The second-order valence-electron chi connectivity index (χ2n) is 7.80. The number of ether oxygens (including phenoxy) is 1. The highest BCUT2D eigenvalue weighted by atomic mass is 79.9. The number of amides is 2. The summed E-state index contributed by atoms with van der Waals surface area (Å²) in [4.78, 5) is 27.7. The van der Waals surface area contributed by atoms with Gasteiger partial charge in [0.05, 0.1) is 0 Å². The summed E-state index contributed by atoms with van der Waals surface area (Å²) >= 11 is 3.37. The molecular formula is C24H28BrFN2O3. The average Bonchev–Trinajstić information content (AvgIpc) is 3.27. The molecule has 0 radical (unpaired) electrons. The lowest BCUT2D eigenvalue weighted by molar-refractivity contribution is -0.143. The van der Waals surface area contributed by atoms with E-state index in [9.17, 15) is 14.0 Å². The number of halogens is 2. The van der Waals surface area contributed by atoms with Gasteiger partial charge in [0.15, 0.2) is 6.61 Å². The third-order valence-electron chi connectivity index (χ3n) is 5.53. The third-order valence-corrected chi connectivity index (χ3v) is 6.06. The Hall–Kier alpha value is -2.41. The monoisotopic (exact) mass is 490 g/mol. The molecule has 5 nitrogen and oxygen atoms in total. The van der Waals surface area contributed by atoms with Crippen LogP contribution < -0.4 is 10.1 Å². The molecule has 1 aliphatic carbocycles. The maximum atomic E-state index is 13.3. The van der Waals surface area contributed by atoms with E-state index in [0.29, 0.717) is 12.2 Å². The van der Waals surface area contributed by atoms with Gasteiger partial charge in [-0.2, -0.15) is 0 Å². The van der Waals surface area contributed by atoms with Crippen LogP contribution in [0.4, 0.5) is 4.39 Å². The highest BCUT2D eigenvalue weighted by Crippen LogP contribution is 2.20. The molecule has 1 aliphatic rings. The minimum atomic E-state index is -0.619. The van der Waals surface area contributed by atoms with Crippen LogP contribution in [0.25, 0.3) is 0 Å². The molecule has 0 aliphatic heterocycles. The lowest BCUT2D eigenvalue weighted by atomic mass is 10.1. The standard InChI is InChI=1S/C24H28BrFN2O3/c1-2-22(24(30)27-20-5-3-4-6-20)28(15-17-7-11-19(26)12-8-17)23(29)16-31-21-13-9-18(25)10-14-21/h7-14,20,22H,2-6,15-16H2,1H3,(H,27,30)/t22-/m0/s1. The van der Waals surface area contributed by atoms with E-state index in [1.807, 2.05) is 19.1 Å². The summed E-state index contributed by atoms with van der Waals surface area (Å²) in [5.41, 5.74) is 0.755. The zero-order chi connectivity index (χ0) is 22.2. The van der Waals surface area contributed by atoms with E-state index in [4.69, 9.17) is 4.74 Å². The second kappa shape index (κ2) is 11.3. The van der Waals surface area contributed by atoms with E-state index >= 15 is 0 Å². The molecule has 31 heavy (non-hydrogen) atoms. The van der Waals surface area contributed by atoms with Gasteiger partial charge < -0.3 is 15.0 Å². The molecule has 7 heteroatoms. The van der Waals surface area contributed by atoms with Crippen LogP contribution in [0, 0.1) is 5.82 Å². The van der Waals surface area contributed by atoms with Crippen LogP contribution in [0.2, 0.25) is 0 Å². The lowest BCUT2D eigenvalue weighted by Crippen LogP contribution is -2.52. The number of rotatable bonds is 9. The summed E-state index contributed by atoms with van der Waals surface area (Å²) in [6.45, 7) is 1.91. The Morgan fingerprint density at radius 3 is 2.39 bits per heavy atom. The quantitative estimate of drug-likeness (QED) is 0.547. The first kappa shape index (κ1) is 23.3. The van der Waals surface area contributed by atoms with Crippen LogP contribution in [0.5, 0.6) is 5.75 Å². The van der Waals surface area contributed by atoms with Crippen LogP contribution in [-0.4, -0.2) is 35.4 Å². The molecule has 0 spiro atoms. The van der Waals surface area contributed by atoms with Crippen LogP contribution >= 0.6 is 15.9 Å². The van der Waals surface area contributed by atoms with Crippen molar-refractivity contribution >= 4 is 27.7 Å². The number of benzene rings is 2. The molecule has 1 atom stereocenters. The van der Waals surface area contributed by atoms with E-state index in [2.05, 4.69) is 21.2 Å². The van der Waals surface area contributed by atoms with E-state index in [0.717, 1.165) is 35.7 Å². The Labute approximate surface area is 191 Å². The summed E-state index contributed by atoms with van der Waals surface area (Å²) in [7, 11) is 0. The van der Waals surface area contributed by atoms with Crippen molar-refractivity contribution in [1.82, 2.24) is 10.2 Å². The van der Waals surface area contributed by atoms with Gasteiger partial charge in [-0.3, -0.25) is 9.59 Å². The Bertz CT molecular complexity index is 867. The van der Waals surface area contributed by atoms with E-state index < -0.39 is 6.04 Å². The summed E-state index contributed by atoms with van der Waals surface area (Å²) in [5.74, 6) is -0.206. The number of carbonyl (C=O) groups is 2. The highest BCUT2D eigenvalue weighted by Gasteiger charge is 2.30. The normalized spacial score (nSPS) is 14.8. The van der Waals surface area contributed by atoms with Crippen molar-refractivity contribution in [3.63, 3.8) is 0 Å². The Morgan fingerprint density at radius 1 is 1.13 bits per heavy atom. The predicted molar refractivity (Wildman–Crippen MR) is 121 cm³/mol. The van der Waals surface area contributed by atoms with Crippen LogP contribution in [0.15, 0.2) is 53.0 Å². The molecule has 2 aromatic rings. The molecule has 0 aromatic heterocycles. The highest BCUT2D eigenvalue weighted by molar-refractivity contribution is 9.10. The fourth-order valence-electron chi connectivity index (χ4n) is 3.83. The smallest absolute Gasteiger partial charge is 0.261 e. The maximum Gasteiger partial charge on any atom is 0.261 e. The number of hydrogen-bond acceptors (Lipinski definition) is 3. The van der Waals surface area contributed by atoms with Gasteiger partial charge in [0.2, 0.25) is 5.91 Å². The molecule has 2 aromatic carbocycles. The van der Waals surface area contributed by atoms with Gasteiger partial charge in [-0.15, -0.1) is 0 Å². The number of nitrogens with one attached hydrogen (secondary N) is 1. The third kappa shape index (κ3) is 6.79. The Kier molecular flexibility index (Phi) is 8.46. The van der Waals surface area contributed by atoms with Gasteiger partial charge >= 0.3 is 0 Å². The zero-order valence-electron chi connectivity index (χ0n) is 17.7. The summed E-state index contributed by atoms with van der Waals surface area (Å²) in [6, 6.07) is 12.7. The van der Waals surface area contributed by atoms with Crippen molar-refractivity contribution in [2.45, 2.75) is 57.7 Å². The van der Waals surface area contributed by atoms with Crippen molar-refractivity contribution in [2.75, 3.05) is 6.61 Å². The van der Waals surface area contributed by atoms with Gasteiger partial charge in [-0.05, 0) is 61.2 Å². The van der Waals surface area contributed by atoms with Crippen molar-refractivity contribution in [2.24, 2.45) is 0 Å². The first-order chi connectivity index (χ1) is 15.0. The molecule has 2 amide bonds. The fourth-order valence-corrected chi connectivity index (χ4v) is 4.10. The van der Waals surface area contributed by atoms with Crippen LogP contribution in [0.1, 0.15) is 44.6 Å². The van der Waals surface area contributed by atoms with Gasteiger partial charge in [-0.25, -0.2) is 4.39 Å². The number of carbonyl (C=O) groups excluding carboxylic acids is 2. The van der Waals surface area contributed by atoms with Crippen LogP contribution in [-0.2, 0) is 16.1 Å². The van der Waals surface area contributed by atoms with E-state index in [-0.39, 0.29) is 36.8 Å². The molecule has 0 heterocycles. The first-order valence-electron chi connectivity index (χ1n) is 10.7. The second-order valence-corrected chi connectivity index (χ2v) is 8.72. The first-order valence-corrected chi connectivity index (χ1v) is 11.5.